The van der Waals surface area contributed by atoms with E-state index in [-0.39, 0.29) is 16.4 Å². The Morgan fingerprint density at radius 3 is 2.22 bits per heavy atom. The molecular weight excluding hydrogens is 514 g/mol. The fraction of sp³-hybridized carbons (Fsp3) is 0.321. The largest absolute Gasteiger partial charge is 0.482 e. The van der Waals surface area contributed by atoms with E-state index in [1.165, 1.54) is 24.3 Å². The number of hydrogen-bond donors (Lipinski definition) is 2. The summed E-state index contributed by atoms with van der Waals surface area (Å²) in [5, 5.41) is 14.1. The average Bonchev–Trinajstić information content (AvgIpc) is 2.85. The minimum atomic E-state index is -3.71. The van der Waals surface area contributed by atoms with Gasteiger partial charge >= 0.3 is 5.97 Å². The van der Waals surface area contributed by atoms with E-state index in [0.29, 0.717) is 30.3 Å². The first kappa shape index (κ1) is 28.7. The summed E-state index contributed by atoms with van der Waals surface area (Å²) in [4.78, 5) is 12.1. The van der Waals surface area contributed by atoms with E-state index >= 15 is 0 Å². The molecule has 0 aliphatic carbocycles. The van der Waals surface area contributed by atoms with Crippen molar-refractivity contribution in [3.8, 4) is 5.75 Å². The van der Waals surface area contributed by atoms with Crippen LogP contribution in [0.5, 0.6) is 5.75 Å². The van der Waals surface area contributed by atoms with Crippen LogP contribution in [0, 0.1) is 0 Å². The molecule has 0 unspecified atom stereocenters. The number of rotatable bonds is 11. The molecule has 0 aliphatic heterocycles. The number of carbonyl (C=O) groups excluding carboxylic acids is 1. The lowest BCUT2D eigenvalue weighted by molar-refractivity contribution is -0.157. The standard InChI is InChI=1S/C28H32ClNO6S/c1-28(2,3)36-27(32)19-35-23-9-13-25(14-10-23)37(33,34)24-11-7-20(8-12-24)15-16-30-18-26(31)21-5-4-6-22(29)17-21/h4-14,17,26,30-31H,15-16,18-19H2,1-3H3/t26-/m0/s1. The van der Waals surface area contributed by atoms with Crippen molar-refractivity contribution in [2.45, 2.75) is 48.7 Å². The predicted octanol–water partition coefficient (Wildman–Crippen LogP) is 4.76. The molecule has 1 atom stereocenters. The van der Waals surface area contributed by atoms with Gasteiger partial charge in [0.1, 0.15) is 11.4 Å². The molecule has 0 spiro atoms. The Bertz CT molecular complexity index is 1290. The number of nitrogens with one attached hydrogen (secondary N) is 1. The summed E-state index contributed by atoms with van der Waals surface area (Å²) in [6, 6.07) is 19.7. The first-order chi connectivity index (χ1) is 17.4. The van der Waals surface area contributed by atoms with Gasteiger partial charge in [-0.15, -0.1) is 0 Å². The molecule has 3 aromatic rings. The maximum absolute atomic E-state index is 13.0. The summed E-state index contributed by atoms with van der Waals surface area (Å²) in [7, 11) is -3.71. The average molecular weight is 546 g/mol. The Hall–Kier alpha value is -2.91. The Labute approximate surface area is 223 Å². The zero-order valence-electron chi connectivity index (χ0n) is 21.1. The molecule has 0 heterocycles. The number of carbonyl (C=O) groups is 1. The topological polar surface area (TPSA) is 102 Å². The lowest BCUT2D eigenvalue weighted by atomic mass is 10.1. The molecule has 37 heavy (non-hydrogen) atoms. The Balaban J connectivity index is 1.50. The van der Waals surface area contributed by atoms with Gasteiger partial charge in [0.25, 0.3) is 0 Å². The lowest BCUT2D eigenvalue weighted by Gasteiger charge is -2.19. The maximum atomic E-state index is 13.0. The van der Waals surface area contributed by atoms with Crippen LogP contribution in [-0.4, -0.2) is 44.8 Å². The molecular formula is C28H32ClNO6S. The van der Waals surface area contributed by atoms with Crippen molar-refractivity contribution in [1.82, 2.24) is 5.32 Å². The number of ether oxygens (including phenoxy) is 2. The van der Waals surface area contributed by atoms with E-state index in [9.17, 15) is 18.3 Å². The fourth-order valence-electron chi connectivity index (χ4n) is 3.50. The van der Waals surface area contributed by atoms with Crippen LogP contribution >= 0.6 is 11.6 Å². The third kappa shape index (κ3) is 8.86. The third-order valence-corrected chi connectivity index (χ3v) is 7.33. The van der Waals surface area contributed by atoms with E-state index in [4.69, 9.17) is 21.1 Å². The first-order valence-corrected chi connectivity index (χ1v) is 13.7. The van der Waals surface area contributed by atoms with Crippen LogP contribution in [0.4, 0.5) is 0 Å². The van der Waals surface area contributed by atoms with Crippen molar-refractivity contribution in [3.63, 3.8) is 0 Å². The van der Waals surface area contributed by atoms with Gasteiger partial charge in [0, 0.05) is 11.6 Å². The molecule has 0 saturated heterocycles. The number of esters is 1. The van der Waals surface area contributed by atoms with Crippen LogP contribution in [0.3, 0.4) is 0 Å². The number of benzene rings is 3. The Kier molecular flexibility index (Phi) is 9.73. The quantitative estimate of drug-likeness (QED) is 0.264. The van der Waals surface area contributed by atoms with E-state index in [2.05, 4.69) is 5.32 Å². The van der Waals surface area contributed by atoms with Crippen molar-refractivity contribution in [2.24, 2.45) is 0 Å². The molecule has 9 heteroatoms. The molecule has 0 bridgehead atoms. The highest BCUT2D eigenvalue weighted by Gasteiger charge is 2.19. The summed E-state index contributed by atoms with van der Waals surface area (Å²) in [5.74, 6) is -0.134. The zero-order valence-corrected chi connectivity index (χ0v) is 22.7. The van der Waals surface area contributed by atoms with Gasteiger partial charge < -0.3 is 19.9 Å². The van der Waals surface area contributed by atoms with Crippen molar-refractivity contribution >= 4 is 27.4 Å². The number of halogens is 1. The molecule has 198 valence electrons. The highest BCUT2D eigenvalue weighted by atomic mass is 35.5. The maximum Gasteiger partial charge on any atom is 0.344 e. The van der Waals surface area contributed by atoms with Crippen molar-refractivity contribution < 1.29 is 27.8 Å². The van der Waals surface area contributed by atoms with Crippen LogP contribution in [0.1, 0.15) is 38.0 Å². The van der Waals surface area contributed by atoms with E-state index in [0.717, 1.165) is 11.1 Å². The highest BCUT2D eigenvalue weighted by molar-refractivity contribution is 7.91. The number of hydrogen-bond acceptors (Lipinski definition) is 7. The van der Waals surface area contributed by atoms with Crippen molar-refractivity contribution in [2.75, 3.05) is 19.7 Å². The first-order valence-electron chi connectivity index (χ1n) is 11.9. The number of aliphatic hydroxyl groups excluding tert-OH is 1. The Morgan fingerprint density at radius 1 is 1.00 bits per heavy atom. The van der Waals surface area contributed by atoms with E-state index in [1.807, 2.05) is 6.07 Å². The van der Waals surface area contributed by atoms with Gasteiger partial charge in [-0.25, -0.2) is 13.2 Å². The highest BCUT2D eigenvalue weighted by Crippen LogP contribution is 2.24. The second-order valence-electron chi connectivity index (χ2n) is 9.52. The van der Waals surface area contributed by atoms with Crippen LogP contribution in [-0.2, 0) is 25.8 Å². The molecule has 0 aromatic heterocycles. The van der Waals surface area contributed by atoms with Gasteiger partial charge in [0.05, 0.1) is 15.9 Å². The zero-order chi connectivity index (χ0) is 27.1. The van der Waals surface area contributed by atoms with Crippen LogP contribution < -0.4 is 10.1 Å². The van der Waals surface area contributed by atoms with Crippen molar-refractivity contribution in [3.05, 3.63) is 88.9 Å². The summed E-state index contributed by atoms with van der Waals surface area (Å²) in [5.41, 5.74) is 1.11. The second-order valence-corrected chi connectivity index (χ2v) is 11.9. The molecule has 0 saturated carbocycles. The predicted molar refractivity (Wildman–Crippen MR) is 143 cm³/mol. The second kappa shape index (κ2) is 12.6. The van der Waals surface area contributed by atoms with Gasteiger partial charge in [-0.1, -0.05) is 35.9 Å². The molecule has 2 N–H and O–H groups in total. The molecule has 0 amide bonds. The normalized spacial score (nSPS) is 12.7. The Morgan fingerprint density at radius 2 is 1.62 bits per heavy atom. The third-order valence-electron chi connectivity index (χ3n) is 5.31. The molecule has 0 aliphatic rings. The minimum Gasteiger partial charge on any atom is -0.482 e. The van der Waals surface area contributed by atoms with Crippen LogP contribution in [0.25, 0.3) is 0 Å². The monoisotopic (exact) mass is 545 g/mol. The summed E-state index contributed by atoms with van der Waals surface area (Å²) in [6.07, 6.45) is 0.00652. The van der Waals surface area contributed by atoms with Crippen LogP contribution in [0.2, 0.25) is 5.02 Å². The molecule has 3 aromatic carbocycles. The lowest BCUT2D eigenvalue weighted by Crippen LogP contribution is -2.27. The molecule has 3 rings (SSSR count). The van der Waals surface area contributed by atoms with Gasteiger partial charge in [0.2, 0.25) is 9.84 Å². The fourth-order valence-corrected chi connectivity index (χ4v) is 4.96. The van der Waals surface area contributed by atoms with Gasteiger partial charge in [-0.3, -0.25) is 0 Å². The van der Waals surface area contributed by atoms with E-state index in [1.54, 1.807) is 63.2 Å². The van der Waals surface area contributed by atoms with Crippen LogP contribution in [0.15, 0.2) is 82.6 Å². The van der Waals surface area contributed by atoms with E-state index < -0.39 is 27.5 Å². The molecule has 0 fully saturated rings. The molecule has 7 nitrogen and oxygen atoms in total. The van der Waals surface area contributed by atoms with Gasteiger partial charge in [-0.05, 0) is 93.4 Å². The molecule has 0 radical (unpaired) electrons. The summed E-state index contributed by atoms with van der Waals surface area (Å²) >= 11 is 5.97. The smallest absolute Gasteiger partial charge is 0.344 e. The summed E-state index contributed by atoms with van der Waals surface area (Å²) < 4.78 is 36.6. The van der Waals surface area contributed by atoms with Gasteiger partial charge in [0.15, 0.2) is 6.61 Å². The number of aliphatic hydroxyl groups is 1. The van der Waals surface area contributed by atoms with Gasteiger partial charge in [-0.2, -0.15) is 0 Å². The summed E-state index contributed by atoms with van der Waals surface area (Å²) in [6.45, 7) is 6.04. The minimum absolute atomic E-state index is 0.126. The van der Waals surface area contributed by atoms with Crippen molar-refractivity contribution in [1.29, 1.82) is 0 Å². The number of sulfone groups is 1. The SMILES string of the molecule is CC(C)(C)OC(=O)COc1ccc(S(=O)(=O)c2ccc(CCNC[C@H](O)c3cccc(Cl)c3)cc2)cc1.